The number of carbonyl (C=O) groups is 1. The van der Waals surface area contributed by atoms with Crippen LogP contribution in [0.5, 0.6) is 0 Å². The lowest BCUT2D eigenvalue weighted by molar-refractivity contribution is -0.333. The van der Waals surface area contributed by atoms with E-state index in [0.717, 1.165) is 24.8 Å². The van der Waals surface area contributed by atoms with Gasteiger partial charge in [0.15, 0.2) is 6.29 Å². The van der Waals surface area contributed by atoms with E-state index in [4.69, 9.17) is 18.9 Å². The number of esters is 1. The molecule has 0 unspecified atom stereocenters. The number of allylic oxidation sites excluding steroid dienone is 1. The molecule has 7 aliphatic rings. The van der Waals surface area contributed by atoms with Crippen LogP contribution in [0.1, 0.15) is 99.3 Å². The quantitative estimate of drug-likeness (QED) is 0.0940. The van der Waals surface area contributed by atoms with Crippen molar-refractivity contribution in [3.8, 4) is 0 Å². The standard InChI is InChI=1S/C42H68O15/c1-37(2)13-15-42(36(53)57-35-32(51)30(49)28(47)22(18-44)55-35)16-14-40(5)20(26(42)33(37)52)7-8-24-38(3)11-10-25(39(4,19-45)23(38)9-12-41(24,40)6)56-34-31(50)29(48)27(46)21(17-43)54-34/h7,21-35,43-52H,8-19H2,1-6H3/t21-,22-,23-,24-,25+,26-,27-,28-,29+,30+,31-,32-,33+,34+,35+,38+,39+,40-,41-,42+/m1/s1. The molecule has 15 nitrogen and oxygen atoms in total. The van der Waals surface area contributed by atoms with Gasteiger partial charge in [0.1, 0.15) is 48.8 Å². The molecule has 2 aliphatic heterocycles. The number of aliphatic hydroxyl groups excluding tert-OH is 10. The molecule has 7 rings (SSSR count). The predicted molar refractivity (Wildman–Crippen MR) is 200 cm³/mol. The molecular weight excluding hydrogens is 744 g/mol. The van der Waals surface area contributed by atoms with Gasteiger partial charge in [0.2, 0.25) is 6.29 Å². The molecule has 0 aromatic rings. The normalized spacial score (nSPS) is 54.7. The largest absolute Gasteiger partial charge is 0.432 e. The maximum atomic E-state index is 14.6. The monoisotopic (exact) mass is 812 g/mol. The minimum Gasteiger partial charge on any atom is -0.432 e. The van der Waals surface area contributed by atoms with Crippen LogP contribution in [0.3, 0.4) is 0 Å². The maximum Gasteiger partial charge on any atom is 0.315 e. The van der Waals surface area contributed by atoms with E-state index in [-0.39, 0.29) is 29.3 Å². The molecule has 2 heterocycles. The van der Waals surface area contributed by atoms with Gasteiger partial charge in [0.05, 0.1) is 37.4 Å². The van der Waals surface area contributed by atoms with Crippen molar-refractivity contribution in [3.63, 3.8) is 0 Å². The van der Waals surface area contributed by atoms with Crippen molar-refractivity contribution < 1.29 is 74.8 Å². The Morgan fingerprint density at radius 1 is 0.702 bits per heavy atom. The Hall–Kier alpha value is -1.31. The first-order valence-corrected chi connectivity index (χ1v) is 21.1. The second-order valence-electron chi connectivity index (χ2n) is 20.5. The number of fused-ring (bicyclic) bond motifs is 7. The fourth-order valence-electron chi connectivity index (χ4n) is 13.6. The SMILES string of the molecule is CC1(C)CC[C@]2(C(=O)O[C@@H]3O[C@H](CO)[C@@H](O)[C@H](O)[C@H]3O)CC[C@]3(C)C(=CC[C@@H]4[C@@]5(C)CC[C@H](O[C@@H]6O[C@H](CO)[C@@H](O)[C@H](O)[C@H]6O)[C@@](C)(CO)[C@@H]5CC[C@]43C)[C@@H]2[C@@H]1O. The lowest BCUT2D eigenvalue weighted by Crippen LogP contribution is -2.68. The van der Waals surface area contributed by atoms with Crippen molar-refractivity contribution in [1.82, 2.24) is 0 Å². The summed E-state index contributed by atoms with van der Waals surface area (Å²) in [5.41, 5.74) is -2.40. The van der Waals surface area contributed by atoms with E-state index >= 15 is 0 Å². The van der Waals surface area contributed by atoms with Crippen LogP contribution in [0.2, 0.25) is 0 Å². The molecule has 0 bridgehead atoms. The van der Waals surface area contributed by atoms with E-state index in [2.05, 4.69) is 26.8 Å². The van der Waals surface area contributed by atoms with E-state index in [1.807, 2.05) is 20.8 Å². The highest BCUT2D eigenvalue weighted by Gasteiger charge is 2.71. The maximum absolute atomic E-state index is 14.6. The van der Waals surface area contributed by atoms with Crippen LogP contribution in [-0.4, -0.2) is 150 Å². The number of hydrogen-bond donors (Lipinski definition) is 10. The first-order chi connectivity index (χ1) is 26.6. The average molecular weight is 813 g/mol. The minimum absolute atomic E-state index is 0.00865. The molecule has 10 N–H and O–H groups in total. The summed E-state index contributed by atoms with van der Waals surface area (Å²) in [6.07, 6.45) is -8.69. The second-order valence-corrected chi connectivity index (χ2v) is 20.5. The van der Waals surface area contributed by atoms with Crippen LogP contribution in [0.15, 0.2) is 11.6 Å². The Morgan fingerprint density at radius 2 is 1.28 bits per heavy atom. The number of aliphatic hydroxyl groups is 10. The molecule has 0 aromatic heterocycles. The van der Waals surface area contributed by atoms with Crippen LogP contribution in [0, 0.1) is 50.2 Å². The first-order valence-electron chi connectivity index (χ1n) is 21.1. The van der Waals surface area contributed by atoms with Crippen LogP contribution in [0.25, 0.3) is 0 Å². The van der Waals surface area contributed by atoms with E-state index < -0.39 is 120 Å². The molecule has 326 valence electrons. The van der Waals surface area contributed by atoms with Crippen LogP contribution in [0.4, 0.5) is 0 Å². The van der Waals surface area contributed by atoms with Gasteiger partial charge in [-0.05, 0) is 91.3 Å². The molecule has 4 saturated carbocycles. The highest BCUT2D eigenvalue weighted by molar-refractivity contribution is 5.79. The number of hydrogen-bond acceptors (Lipinski definition) is 15. The zero-order chi connectivity index (χ0) is 41.8. The molecular formula is C42H68O15. The summed E-state index contributed by atoms with van der Waals surface area (Å²) in [7, 11) is 0. The third kappa shape index (κ3) is 6.26. The summed E-state index contributed by atoms with van der Waals surface area (Å²) in [5.74, 6) is -1.11. The van der Waals surface area contributed by atoms with Crippen molar-refractivity contribution in [1.29, 1.82) is 0 Å². The van der Waals surface area contributed by atoms with Crippen LogP contribution in [-0.2, 0) is 23.7 Å². The average Bonchev–Trinajstić information content (AvgIpc) is 3.17. The molecule has 5 aliphatic carbocycles. The smallest absolute Gasteiger partial charge is 0.315 e. The summed E-state index contributed by atoms with van der Waals surface area (Å²) < 4.78 is 23.7. The van der Waals surface area contributed by atoms with Gasteiger partial charge in [-0.15, -0.1) is 0 Å². The summed E-state index contributed by atoms with van der Waals surface area (Å²) in [6, 6.07) is 0. The second kappa shape index (κ2) is 14.9. The lowest BCUT2D eigenvalue weighted by Gasteiger charge is -2.71. The van der Waals surface area contributed by atoms with E-state index in [9.17, 15) is 55.9 Å². The molecule has 0 aromatic carbocycles. The van der Waals surface area contributed by atoms with Gasteiger partial charge in [0, 0.05) is 11.3 Å². The fraction of sp³-hybridized carbons (Fsp3) is 0.929. The zero-order valence-corrected chi connectivity index (χ0v) is 34.2. The number of carbonyl (C=O) groups excluding carboxylic acids is 1. The number of rotatable bonds is 7. The highest BCUT2D eigenvalue weighted by atomic mass is 16.7. The molecule has 0 amide bonds. The Bertz CT molecular complexity index is 1540. The van der Waals surface area contributed by atoms with E-state index in [0.29, 0.717) is 38.5 Å². The van der Waals surface area contributed by atoms with Gasteiger partial charge in [-0.3, -0.25) is 4.79 Å². The van der Waals surface area contributed by atoms with Gasteiger partial charge in [-0.2, -0.15) is 0 Å². The van der Waals surface area contributed by atoms with Crippen molar-refractivity contribution in [2.45, 2.75) is 173 Å². The Labute approximate surface area is 335 Å². The summed E-state index contributed by atoms with van der Waals surface area (Å²) in [4.78, 5) is 14.6. The van der Waals surface area contributed by atoms with E-state index in [1.165, 1.54) is 0 Å². The molecule has 0 spiro atoms. The summed E-state index contributed by atoms with van der Waals surface area (Å²) in [6.45, 7) is 11.5. The third-order valence-electron chi connectivity index (χ3n) is 17.6. The number of ether oxygens (including phenoxy) is 4. The van der Waals surface area contributed by atoms with Crippen molar-refractivity contribution in [2.75, 3.05) is 19.8 Å². The molecule has 2 saturated heterocycles. The zero-order valence-electron chi connectivity index (χ0n) is 34.2. The lowest BCUT2D eigenvalue weighted by atomic mass is 9.33. The topological polar surface area (TPSA) is 256 Å². The Balaban J connectivity index is 1.19. The molecule has 6 fully saturated rings. The van der Waals surface area contributed by atoms with Gasteiger partial charge < -0.3 is 70.0 Å². The fourth-order valence-corrected chi connectivity index (χ4v) is 13.6. The molecule has 20 atom stereocenters. The summed E-state index contributed by atoms with van der Waals surface area (Å²) >= 11 is 0. The summed E-state index contributed by atoms with van der Waals surface area (Å²) in [5, 5.41) is 106. The first kappa shape index (κ1) is 43.8. The highest BCUT2D eigenvalue weighted by Crippen LogP contribution is 2.76. The van der Waals surface area contributed by atoms with Gasteiger partial charge in [0.25, 0.3) is 0 Å². The van der Waals surface area contributed by atoms with Gasteiger partial charge >= 0.3 is 5.97 Å². The predicted octanol–water partition coefficient (Wildman–Crippen LogP) is 0.260. The van der Waals surface area contributed by atoms with Crippen molar-refractivity contribution in [3.05, 3.63) is 11.6 Å². The third-order valence-corrected chi connectivity index (χ3v) is 17.6. The molecule has 57 heavy (non-hydrogen) atoms. The van der Waals surface area contributed by atoms with Crippen molar-refractivity contribution >= 4 is 5.97 Å². The van der Waals surface area contributed by atoms with E-state index in [1.54, 1.807) is 0 Å². The van der Waals surface area contributed by atoms with Crippen LogP contribution >= 0.6 is 0 Å². The van der Waals surface area contributed by atoms with Crippen molar-refractivity contribution in [2.24, 2.45) is 50.2 Å². The minimum atomic E-state index is -1.74. The Kier molecular flexibility index (Phi) is 11.5. The molecule has 15 heteroatoms. The molecule has 0 radical (unpaired) electrons. The van der Waals surface area contributed by atoms with Crippen LogP contribution < -0.4 is 0 Å². The van der Waals surface area contributed by atoms with Gasteiger partial charge in [-0.1, -0.05) is 53.2 Å². The Morgan fingerprint density at radius 3 is 1.88 bits per heavy atom. The van der Waals surface area contributed by atoms with Gasteiger partial charge in [-0.25, -0.2) is 0 Å².